The zero-order valence-electron chi connectivity index (χ0n) is 11.0. The maximum atomic E-state index is 12.1. The fourth-order valence-corrected chi connectivity index (χ4v) is 3.70. The van der Waals surface area contributed by atoms with Gasteiger partial charge in [0.25, 0.3) is 0 Å². The predicted octanol–water partition coefficient (Wildman–Crippen LogP) is 1.64. The summed E-state index contributed by atoms with van der Waals surface area (Å²) in [6.45, 7) is 2.99. The molecular formula is C11H21F3N2O2S. The van der Waals surface area contributed by atoms with Crippen molar-refractivity contribution in [1.82, 2.24) is 10.0 Å². The van der Waals surface area contributed by atoms with Gasteiger partial charge in [-0.3, -0.25) is 0 Å². The first kappa shape index (κ1) is 16.7. The zero-order chi connectivity index (χ0) is 14.5. The lowest BCUT2D eigenvalue weighted by Crippen LogP contribution is -2.38. The summed E-state index contributed by atoms with van der Waals surface area (Å²) in [4.78, 5) is 0. The van der Waals surface area contributed by atoms with Crippen LogP contribution in [0.15, 0.2) is 0 Å². The Morgan fingerprint density at radius 2 is 1.89 bits per heavy atom. The van der Waals surface area contributed by atoms with Gasteiger partial charge in [0, 0.05) is 6.04 Å². The van der Waals surface area contributed by atoms with E-state index in [2.05, 4.69) is 10.0 Å². The maximum absolute atomic E-state index is 12.1. The Kier molecular flexibility index (Phi) is 6.07. The minimum Gasteiger partial charge on any atom is -0.317 e. The van der Waals surface area contributed by atoms with Gasteiger partial charge in [0.2, 0.25) is 10.0 Å². The van der Waals surface area contributed by atoms with E-state index >= 15 is 0 Å². The quantitative estimate of drug-likeness (QED) is 0.784. The third-order valence-corrected chi connectivity index (χ3v) is 4.71. The first-order valence-electron chi connectivity index (χ1n) is 6.45. The van der Waals surface area contributed by atoms with Crippen molar-refractivity contribution in [3.05, 3.63) is 0 Å². The van der Waals surface area contributed by atoms with E-state index < -0.39 is 28.7 Å². The summed E-state index contributed by atoms with van der Waals surface area (Å²) < 4.78 is 61.8. The molecule has 0 bridgehead atoms. The first-order chi connectivity index (χ1) is 8.68. The second-order valence-electron chi connectivity index (χ2n) is 5.14. The highest BCUT2D eigenvalue weighted by Gasteiger charge is 2.31. The number of hydrogen-bond donors (Lipinski definition) is 2. The number of halogens is 3. The zero-order valence-corrected chi connectivity index (χ0v) is 11.8. The molecule has 1 rings (SSSR count). The Morgan fingerprint density at radius 3 is 2.42 bits per heavy atom. The molecule has 1 fully saturated rings. The van der Waals surface area contributed by atoms with E-state index in [-0.39, 0.29) is 5.75 Å². The summed E-state index contributed by atoms with van der Waals surface area (Å²) in [5.41, 5.74) is 0. The lowest BCUT2D eigenvalue weighted by atomic mass is 9.96. The monoisotopic (exact) mass is 302 g/mol. The first-order valence-corrected chi connectivity index (χ1v) is 8.11. The number of nitrogens with one attached hydrogen (secondary N) is 2. The molecular weight excluding hydrogens is 281 g/mol. The van der Waals surface area contributed by atoms with Gasteiger partial charge in [0.15, 0.2) is 0 Å². The molecule has 114 valence electrons. The van der Waals surface area contributed by atoms with Crippen molar-refractivity contribution in [3.63, 3.8) is 0 Å². The van der Waals surface area contributed by atoms with E-state index in [0.29, 0.717) is 12.3 Å². The summed E-state index contributed by atoms with van der Waals surface area (Å²) in [6.07, 6.45) is -3.13. The van der Waals surface area contributed by atoms with Gasteiger partial charge >= 0.3 is 6.18 Å². The van der Waals surface area contributed by atoms with E-state index in [4.69, 9.17) is 0 Å². The maximum Gasteiger partial charge on any atom is 0.390 e. The lowest BCUT2D eigenvalue weighted by Gasteiger charge is -2.23. The van der Waals surface area contributed by atoms with Crippen LogP contribution in [0.3, 0.4) is 0 Å². The van der Waals surface area contributed by atoms with Crippen LogP contribution >= 0.6 is 0 Å². The number of sulfonamides is 1. The topological polar surface area (TPSA) is 58.2 Å². The molecule has 1 heterocycles. The van der Waals surface area contributed by atoms with Crippen molar-refractivity contribution in [2.75, 3.05) is 18.8 Å². The van der Waals surface area contributed by atoms with Crippen LogP contribution in [0.25, 0.3) is 0 Å². The Labute approximate surface area is 112 Å². The third-order valence-electron chi connectivity index (χ3n) is 3.17. The Balaban J connectivity index is 2.34. The SMILES string of the molecule is CC(CC(F)(F)F)NS(=O)(=O)CCC1CCNCC1. The van der Waals surface area contributed by atoms with Crippen molar-refractivity contribution in [3.8, 4) is 0 Å². The number of hydrogen-bond acceptors (Lipinski definition) is 3. The molecule has 0 saturated carbocycles. The van der Waals surface area contributed by atoms with Crippen LogP contribution in [0, 0.1) is 5.92 Å². The average Bonchev–Trinajstić information content (AvgIpc) is 2.24. The Hall–Kier alpha value is -0.340. The Morgan fingerprint density at radius 1 is 1.32 bits per heavy atom. The van der Waals surface area contributed by atoms with E-state index in [9.17, 15) is 21.6 Å². The van der Waals surface area contributed by atoms with Gasteiger partial charge in [-0.25, -0.2) is 13.1 Å². The normalized spacial score (nSPS) is 20.4. The van der Waals surface area contributed by atoms with Crippen LogP contribution < -0.4 is 10.0 Å². The molecule has 0 aromatic heterocycles. The summed E-state index contributed by atoms with van der Waals surface area (Å²) in [6, 6.07) is -1.11. The fourth-order valence-electron chi connectivity index (χ4n) is 2.25. The van der Waals surface area contributed by atoms with Crippen LogP contribution in [0.1, 0.15) is 32.6 Å². The smallest absolute Gasteiger partial charge is 0.317 e. The minimum absolute atomic E-state index is 0.0974. The summed E-state index contributed by atoms with van der Waals surface area (Å²) in [5.74, 6) is 0.246. The van der Waals surface area contributed by atoms with E-state index in [1.807, 2.05) is 0 Å². The minimum atomic E-state index is -4.35. The number of piperidine rings is 1. The number of alkyl halides is 3. The molecule has 19 heavy (non-hydrogen) atoms. The molecule has 0 aromatic carbocycles. The van der Waals surface area contributed by atoms with E-state index in [0.717, 1.165) is 25.9 Å². The molecule has 1 unspecified atom stereocenters. The summed E-state index contributed by atoms with van der Waals surface area (Å²) in [7, 11) is -3.62. The molecule has 0 aliphatic carbocycles. The summed E-state index contributed by atoms with van der Waals surface area (Å²) in [5, 5.41) is 3.18. The molecule has 1 saturated heterocycles. The third kappa shape index (κ3) is 7.74. The predicted molar refractivity (Wildman–Crippen MR) is 67.3 cm³/mol. The van der Waals surface area contributed by atoms with Gasteiger partial charge in [-0.15, -0.1) is 0 Å². The standard InChI is InChI=1S/C11H21F3N2O2S/c1-9(8-11(12,13)14)16-19(17,18)7-4-10-2-5-15-6-3-10/h9-10,15-16H,2-8H2,1H3. The molecule has 1 atom stereocenters. The lowest BCUT2D eigenvalue weighted by molar-refractivity contribution is -0.137. The molecule has 2 N–H and O–H groups in total. The van der Waals surface area contributed by atoms with Crippen LogP contribution in [0.2, 0.25) is 0 Å². The van der Waals surface area contributed by atoms with Gasteiger partial charge in [0.1, 0.15) is 0 Å². The number of rotatable bonds is 6. The molecule has 8 heteroatoms. The van der Waals surface area contributed by atoms with Crippen LogP contribution in [-0.2, 0) is 10.0 Å². The largest absolute Gasteiger partial charge is 0.390 e. The average molecular weight is 302 g/mol. The van der Waals surface area contributed by atoms with Crippen LogP contribution in [0.4, 0.5) is 13.2 Å². The molecule has 1 aliphatic rings. The highest BCUT2D eigenvalue weighted by atomic mass is 32.2. The second kappa shape index (κ2) is 6.90. The van der Waals surface area contributed by atoms with Gasteiger partial charge in [0.05, 0.1) is 12.2 Å². The van der Waals surface area contributed by atoms with Gasteiger partial charge < -0.3 is 5.32 Å². The van der Waals surface area contributed by atoms with Crippen molar-refractivity contribution in [2.45, 2.75) is 44.8 Å². The highest BCUT2D eigenvalue weighted by Crippen LogP contribution is 2.22. The van der Waals surface area contributed by atoms with Crippen molar-refractivity contribution in [2.24, 2.45) is 5.92 Å². The molecule has 4 nitrogen and oxygen atoms in total. The van der Waals surface area contributed by atoms with Gasteiger partial charge in [-0.1, -0.05) is 0 Å². The second-order valence-corrected chi connectivity index (χ2v) is 7.01. The molecule has 0 radical (unpaired) electrons. The van der Waals surface area contributed by atoms with Gasteiger partial charge in [-0.2, -0.15) is 13.2 Å². The van der Waals surface area contributed by atoms with Crippen molar-refractivity contribution in [1.29, 1.82) is 0 Å². The highest BCUT2D eigenvalue weighted by molar-refractivity contribution is 7.89. The Bertz CT molecular complexity index is 365. The van der Waals surface area contributed by atoms with Crippen LogP contribution in [0.5, 0.6) is 0 Å². The van der Waals surface area contributed by atoms with E-state index in [1.54, 1.807) is 0 Å². The van der Waals surface area contributed by atoms with E-state index in [1.165, 1.54) is 6.92 Å². The molecule has 1 aliphatic heterocycles. The molecule has 0 aromatic rings. The van der Waals surface area contributed by atoms with Crippen molar-refractivity contribution >= 4 is 10.0 Å². The van der Waals surface area contributed by atoms with Gasteiger partial charge in [-0.05, 0) is 45.2 Å². The molecule has 0 amide bonds. The van der Waals surface area contributed by atoms with Crippen molar-refractivity contribution < 1.29 is 21.6 Å². The fraction of sp³-hybridized carbons (Fsp3) is 1.00. The summed E-state index contributed by atoms with van der Waals surface area (Å²) >= 11 is 0. The molecule has 0 spiro atoms. The van der Waals surface area contributed by atoms with Crippen LogP contribution in [-0.4, -0.2) is 39.5 Å².